The van der Waals surface area contributed by atoms with Crippen molar-refractivity contribution in [1.29, 1.82) is 0 Å². The SMILES string of the molecule is CCN1C[C@H](N(C)S(=O)(=O)C2CC2)C[C@@H]1c1nnc2cnc3c(ccn3S(=O)(=O)c3ccc(C)cc3)n12. The van der Waals surface area contributed by atoms with Gasteiger partial charge in [-0.3, -0.25) is 9.30 Å². The second-order valence-electron chi connectivity index (χ2n) is 9.90. The fourth-order valence-electron chi connectivity index (χ4n) is 5.26. The van der Waals surface area contributed by atoms with Crippen LogP contribution in [0.4, 0.5) is 0 Å². The molecule has 6 rings (SSSR count). The molecule has 2 fully saturated rings. The molecule has 4 aromatic rings. The molecule has 11 nitrogen and oxygen atoms in total. The molecule has 13 heteroatoms. The van der Waals surface area contributed by atoms with E-state index in [1.165, 1.54) is 16.4 Å². The van der Waals surface area contributed by atoms with Gasteiger partial charge < -0.3 is 0 Å². The van der Waals surface area contributed by atoms with Gasteiger partial charge in [-0.2, -0.15) is 0 Å². The molecule has 196 valence electrons. The van der Waals surface area contributed by atoms with Crippen LogP contribution in [0.2, 0.25) is 0 Å². The van der Waals surface area contributed by atoms with Crippen LogP contribution in [0.1, 0.15) is 43.6 Å². The quantitative estimate of drug-likeness (QED) is 0.348. The van der Waals surface area contributed by atoms with E-state index in [0.29, 0.717) is 36.5 Å². The van der Waals surface area contributed by atoms with Gasteiger partial charge in [-0.15, -0.1) is 10.2 Å². The molecule has 0 amide bonds. The molecule has 0 radical (unpaired) electrons. The maximum atomic E-state index is 13.4. The topological polar surface area (TPSA) is 123 Å². The first-order valence-corrected chi connectivity index (χ1v) is 15.3. The number of fused-ring (bicyclic) bond motifs is 3. The van der Waals surface area contributed by atoms with Gasteiger partial charge in [0.15, 0.2) is 17.1 Å². The largest absolute Gasteiger partial charge is 0.292 e. The second kappa shape index (κ2) is 8.58. The summed E-state index contributed by atoms with van der Waals surface area (Å²) in [5, 5.41) is 8.52. The van der Waals surface area contributed by atoms with E-state index < -0.39 is 20.0 Å². The first kappa shape index (κ1) is 24.5. The normalized spacial score (nSPS) is 21.5. The molecule has 1 saturated heterocycles. The number of hydrogen-bond acceptors (Lipinski definition) is 8. The molecule has 0 spiro atoms. The van der Waals surface area contributed by atoms with Crippen LogP contribution in [0, 0.1) is 6.92 Å². The van der Waals surface area contributed by atoms with Crippen LogP contribution in [-0.4, -0.2) is 81.0 Å². The third kappa shape index (κ3) is 3.87. The number of sulfonamides is 1. The summed E-state index contributed by atoms with van der Waals surface area (Å²) in [6.07, 6.45) is 5.04. The summed E-state index contributed by atoms with van der Waals surface area (Å²) < 4.78 is 57.2. The molecular weight excluding hydrogens is 514 g/mol. The molecule has 3 aromatic heterocycles. The Hall–Kier alpha value is -2.87. The average molecular weight is 544 g/mol. The van der Waals surface area contributed by atoms with E-state index in [1.54, 1.807) is 41.7 Å². The Morgan fingerprint density at radius 1 is 1.05 bits per heavy atom. The monoisotopic (exact) mass is 543 g/mol. The van der Waals surface area contributed by atoms with E-state index in [-0.39, 0.29) is 27.9 Å². The number of aromatic nitrogens is 5. The minimum Gasteiger partial charge on any atom is -0.292 e. The van der Waals surface area contributed by atoms with Gasteiger partial charge in [0, 0.05) is 25.8 Å². The van der Waals surface area contributed by atoms with Crippen molar-refractivity contribution >= 4 is 36.9 Å². The molecule has 0 bridgehead atoms. The van der Waals surface area contributed by atoms with Crippen molar-refractivity contribution in [1.82, 2.24) is 32.8 Å². The summed E-state index contributed by atoms with van der Waals surface area (Å²) in [5.41, 5.74) is 2.33. The molecule has 0 N–H and O–H groups in total. The van der Waals surface area contributed by atoms with E-state index in [4.69, 9.17) is 0 Å². The van der Waals surface area contributed by atoms with Crippen LogP contribution in [0.5, 0.6) is 0 Å². The van der Waals surface area contributed by atoms with E-state index in [0.717, 1.165) is 18.4 Å². The van der Waals surface area contributed by atoms with Crippen molar-refractivity contribution in [2.24, 2.45) is 0 Å². The van der Waals surface area contributed by atoms with Crippen molar-refractivity contribution in [2.45, 2.75) is 55.3 Å². The Kier molecular flexibility index (Phi) is 5.67. The van der Waals surface area contributed by atoms with Gasteiger partial charge in [0.05, 0.1) is 27.9 Å². The zero-order valence-corrected chi connectivity index (χ0v) is 22.5. The van der Waals surface area contributed by atoms with Crippen molar-refractivity contribution in [2.75, 3.05) is 20.1 Å². The minimum absolute atomic E-state index is 0.174. The van der Waals surface area contributed by atoms with Gasteiger partial charge in [0.25, 0.3) is 10.0 Å². The van der Waals surface area contributed by atoms with Crippen molar-refractivity contribution < 1.29 is 16.8 Å². The lowest BCUT2D eigenvalue weighted by atomic mass is 10.1. The van der Waals surface area contributed by atoms with Gasteiger partial charge in [-0.25, -0.2) is 30.1 Å². The van der Waals surface area contributed by atoms with E-state index in [2.05, 4.69) is 20.1 Å². The fourth-order valence-corrected chi connectivity index (χ4v) is 8.32. The number of likely N-dealkylation sites (tertiary alicyclic amines) is 1. The van der Waals surface area contributed by atoms with Crippen LogP contribution in [0.15, 0.2) is 47.6 Å². The molecule has 1 aliphatic heterocycles. The maximum Gasteiger partial charge on any atom is 0.269 e. The smallest absolute Gasteiger partial charge is 0.269 e. The molecule has 1 aliphatic carbocycles. The van der Waals surface area contributed by atoms with Gasteiger partial charge in [-0.1, -0.05) is 24.6 Å². The Morgan fingerprint density at radius 3 is 2.46 bits per heavy atom. The fraction of sp³-hybridized carbons (Fsp3) is 0.458. The van der Waals surface area contributed by atoms with Gasteiger partial charge in [-0.05, 0) is 50.9 Å². The predicted octanol–water partition coefficient (Wildman–Crippen LogP) is 2.18. The lowest BCUT2D eigenvalue weighted by molar-refractivity contribution is 0.255. The lowest BCUT2D eigenvalue weighted by Crippen LogP contribution is -2.40. The van der Waals surface area contributed by atoms with E-state index in [9.17, 15) is 16.8 Å². The minimum atomic E-state index is -3.86. The summed E-state index contributed by atoms with van der Waals surface area (Å²) in [4.78, 5) is 6.80. The van der Waals surface area contributed by atoms with Crippen LogP contribution in [0.25, 0.3) is 16.8 Å². The summed E-state index contributed by atoms with van der Waals surface area (Å²) in [7, 11) is -5.49. The third-order valence-corrected chi connectivity index (χ3v) is 11.7. The Bertz CT molecular complexity index is 1710. The third-order valence-electron chi connectivity index (χ3n) is 7.59. The number of nitrogens with zero attached hydrogens (tertiary/aromatic N) is 7. The van der Waals surface area contributed by atoms with Crippen molar-refractivity contribution in [3.8, 4) is 0 Å². The van der Waals surface area contributed by atoms with Gasteiger partial charge in [0.1, 0.15) is 0 Å². The number of hydrogen-bond donors (Lipinski definition) is 0. The summed E-state index contributed by atoms with van der Waals surface area (Å²) in [5.74, 6) is 0.648. The Balaban J connectivity index is 1.41. The summed E-state index contributed by atoms with van der Waals surface area (Å²) >= 11 is 0. The van der Waals surface area contributed by atoms with E-state index in [1.807, 2.05) is 18.2 Å². The number of likely N-dealkylation sites (N-methyl/N-ethyl adjacent to an activating group) is 2. The van der Waals surface area contributed by atoms with Crippen LogP contribution in [0.3, 0.4) is 0 Å². The molecule has 0 unspecified atom stereocenters. The zero-order chi connectivity index (χ0) is 26.1. The van der Waals surface area contributed by atoms with Gasteiger partial charge in [0.2, 0.25) is 10.0 Å². The van der Waals surface area contributed by atoms with Gasteiger partial charge >= 0.3 is 0 Å². The van der Waals surface area contributed by atoms with Crippen molar-refractivity contribution in [3.63, 3.8) is 0 Å². The zero-order valence-electron chi connectivity index (χ0n) is 20.9. The number of aryl methyl sites for hydroxylation is 1. The highest BCUT2D eigenvalue weighted by Gasteiger charge is 2.45. The Morgan fingerprint density at radius 2 is 1.78 bits per heavy atom. The number of benzene rings is 1. The van der Waals surface area contributed by atoms with Crippen LogP contribution in [-0.2, 0) is 20.0 Å². The molecule has 37 heavy (non-hydrogen) atoms. The first-order valence-electron chi connectivity index (χ1n) is 12.4. The number of rotatable bonds is 7. The molecule has 1 saturated carbocycles. The lowest BCUT2D eigenvalue weighted by Gasteiger charge is -2.23. The highest BCUT2D eigenvalue weighted by Crippen LogP contribution is 2.38. The van der Waals surface area contributed by atoms with Crippen LogP contribution < -0.4 is 0 Å². The standard InChI is InChI=1S/C24H29N7O4S2/c1-4-29-15-17(28(3)36(32,33)18-9-10-18)13-21(29)24-27-26-22-14-25-23-20(31(22)24)11-12-30(23)37(34,35)19-7-5-16(2)6-8-19/h5-8,11-12,14,17-18,21H,4,9-10,13,15H2,1-3H3/t17-,21-/m1/s1. The highest BCUT2D eigenvalue weighted by molar-refractivity contribution is 7.90. The average Bonchev–Trinajstić information content (AvgIpc) is 3.32. The predicted molar refractivity (Wildman–Crippen MR) is 138 cm³/mol. The summed E-state index contributed by atoms with van der Waals surface area (Å²) in [6, 6.07) is 8.06. The Labute approximate surface area is 215 Å². The van der Waals surface area contributed by atoms with Crippen molar-refractivity contribution in [3.05, 3.63) is 54.1 Å². The van der Waals surface area contributed by atoms with E-state index >= 15 is 0 Å². The first-order chi connectivity index (χ1) is 17.6. The molecule has 2 aliphatic rings. The van der Waals surface area contributed by atoms with Crippen LogP contribution >= 0.6 is 0 Å². The summed E-state index contributed by atoms with van der Waals surface area (Å²) in [6.45, 7) is 5.25. The highest BCUT2D eigenvalue weighted by atomic mass is 32.2. The molecule has 2 atom stereocenters. The maximum absolute atomic E-state index is 13.4. The molecule has 4 heterocycles. The second-order valence-corrected chi connectivity index (χ2v) is 14.0. The molecular formula is C24H29N7O4S2. The molecule has 1 aromatic carbocycles.